The maximum Gasteiger partial charge on any atom is 0.120 e. The molecular formula is C14H24N2O2. The zero-order chi connectivity index (χ0) is 13.8. The van der Waals surface area contributed by atoms with Gasteiger partial charge in [-0.1, -0.05) is 6.07 Å². The van der Waals surface area contributed by atoms with Gasteiger partial charge in [-0.25, -0.2) is 0 Å². The summed E-state index contributed by atoms with van der Waals surface area (Å²) in [6.45, 7) is 7.51. The lowest BCUT2D eigenvalue weighted by atomic mass is 10.1. The van der Waals surface area contributed by atoms with Crippen LogP contribution in [-0.4, -0.2) is 30.9 Å². The molecule has 0 saturated heterocycles. The third-order valence-electron chi connectivity index (χ3n) is 2.81. The van der Waals surface area contributed by atoms with Crippen molar-refractivity contribution in [1.82, 2.24) is 0 Å². The van der Waals surface area contributed by atoms with E-state index in [0.717, 1.165) is 23.5 Å². The molecule has 4 nitrogen and oxygen atoms in total. The third-order valence-corrected chi connectivity index (χ3v) is 2.81. The molecule has 0 amide bonds. The van der Waals surface area contributed by atoms with Crippen LogP contribution in [0.5, 0.6) is 5.75 Å². The van der Waals surface area contributed by atoms with Crippen LogP contribution in [0.15, 0.2) is 18.2 Å². The average Bonchev–Trinajstić information content (AvgIpc) is 2.34. The van der Waals surface area contributed by atoms with Gasteiger partial charge in [0.05, 0.1) is 12.7 Å². The van der Waals surface area contributed by atoms with E-state index < -0.39 is 5.60 Å². The molecule has 3 N–H and O–H groups in total. The van der Waals surface area contributed by atoms with E-state index >= 15 is 0 Å². The van der Waals surface area contributed by atoms with Gasteiger partial charge in [-0.15, -0.1) is 0 Å². The first-order valence-electron chi connectivity index (χ1n) is 6.25. The predicted octanol–water partition coefficient (Wildman–Crippen LogP) is 1.75. The van der Waals surface area contributed by atoms with Crippen LogP contribution in [0.2, 0.25) is 0 Å². The standard InChI is InChI=1S/C14H24N2O2/c1-5-16(10-14(2,3)17)13-8-12(18-4)7-6-11(13)9-15/h6-8,17H,5,9-10,15H2,1-4H3. The molecule has 1 rings (SSSR count). The molecule has 0 unspecified atom stereocenters. The summed E-state index contributed by atoms with van der Waals surface area (Å²) < 4.78 is 5.25. The second-order valence-corrected chi connectivity index (χ2v) is 5.03. The normalized spacial score (nSPS) is 11.4. The average molecular weight is 252 g/mol. The van der Waals surface area contributed by atoms with E-state index in [4.69, 9.17) is 10.5 Å². The summed E-state index contributed by atoms with van der Waals surface area (Å²) in [5.74, 6) is 0.802. The second-order valence-electron chi connectivity index (χ2n) is 5.03. The van der Waals surface area contributed by atoms with Gasteiger partial charge in [-0.3, -0.25) is 0 Å². The maximum absolute atomic E-state index is 9.97. The molecule has 0 fully saturated rings. The molecule has 1 aromatic rings. The maximum atomic E-state index is 9.97. The van der Waals surface area contributed by atoms with Crippen LogP contribution < -0.4 is 15.4 Å². The van der Waals surface area contributed by atoms with Crippen LogP contribution in [-0.2, 0) is 6.54 Å². The first-order valence-corrected chi connectivity index (χ1v) is 6.25. The second kappa shape index (κ2) is 6.07. The monoisotopic (exact) mass is 252 g/mol. The number of methoxy groups -OCH3 is 1. The molecule has 4 heteroatoms. The third kappa shape index (κ3) is 3.89. The van der Waals surface area contributed by atoms with Crippen molar-refractivity contribution in [3.05, 3.63) is 23.8 Å². The Morgan fingerprint density at radius 1 is 1.39 bits per heavy atom. The zero-order valence-electron chi connectivity index (χ0n) is 11.7. The minimum Gasteiger partial charge on any atom is -0.497 e. The summed E-state index contributed by atoms with van der Waals surface area (Å²) >= 11 is 0. The smallest absolute Gasteiger partial charge is 0.120 e. The highest BCUT2D eigenvalue weighted by Gasteiger charge is 2.19. The van der Waals surface area contributed by atoms with Crippen LogP contribution in [0.1, 0.15) is 26.3 Å². The number of ether oxygens (including phenoxy) is 1. The van der Waals surface area contributed by atoms with Crippen LogP contribution in [0.25, 0.3) is 0 Å². The highest BCUT2D eigenvalue weighted by molar-refractivity contribution is 5.57. The molecule has 0 bridgehead atoms. The van der Waals surface area contributed by atoms with E-state index in [1.165, 1.54) is 0 Å². The SMILES string of the molecule is CCN(CC(C)(C)O)c1cc(OC)ccc1CN. The van der Waals surface area contributed by atoms with Gasteiger partial charge in [-0.05, 0) is 32.4 Å². The lowest BCUT2D eigenvalue weighted by molar-refractivity contribution is 0.0875. The Balaban J connectivity index is 3.09. The molecule has 0 spiro atoms. The van der Waals surface area contributed by atoms with Gasteiger partial charge in [0, 0.05) is 31.4 Å². The topological polar surface area (TPSA) is 58.7 Å². The van der Waals surface area contributed by atoms with Crippen molar-refractivity contribution in [2.45, 2.75) is 32.9 Å². The molecule has 18 heavy (non-hydrogen) atoms. The van der Waals surface area contributed by atoms with E-state index in [0.29, 0.717) is 13.1 Å². The summed E-state index contributed by atoms with van der Waals surface area (Å²) in [7, 11) is 1.65. The first kappa shape index (κ1) is 14.8. The summed E-state index contributed by atoms with van der Waals surface area (Å²) in [5, 5.41) is 9.97. The Morgan fingerprint density at radius 2 is 2.06 bits per heavy atom. The number of hydrogen-bond acceptors (Lipinski definition) is 4. The van der Waals surface area contributed by atoms with E-state index in [2.05, 4.69) is 11.8 Å². The first-order chi connectivity index (χ1) is 8.41. The van der Waals surface area contributed by atoms with Gasteiger partial charge in [0.2, 0.25) is 0 Å². The molecule has 0 radical (unpaired) electrons. The molecular weight excluding hydrogens is 228 g/mol. The largest absolute Gasteiger partial charge is 0.497 e. The van der Waals surface area contributed by atoms with Gasteiger partial charge in [0.25, 0.3) is 0 Å². The number of anilines is 1. The Labute approximate surface area is 109 Å². The molecule has 0 aliphatic heterocycles. The molecule has 102 valence electrons. The van der Waals surface area contributed by atoms with Crippen molar-refractivity contribution >= 4 is 5.69 Å². The van der Waals surface area contributed by atoms with E-state index in [1.807, 2.05) is 18.2 Å². The number of aliphatic hydroxyl groups is 1. The minimum atomic E-state index is -0.745. The van der Waals surface area contributed by atoms with Crippen molar-refractivity contribution in [2.75, 3.05) is 25.1 Å². The number of likely N-dealkylation sites (N-methyl/N-ethyl adjacent to an activating group) is 1. The molecule has 0 aliphatic rings. The number of nitrogens with zero attached hydrogens (tertiary/aromatic N) is 1. The van der Waals surface area contributed by atoms with E-state index in [9.17, 15) is 5.11 Å². The highest BCUT2D eigenvalue weighted by atomic mass is 16.5. The molecule has 0 atom stereocenters. The summed E-state index contributed by atoms with van der Waals surface area (Å²) in [6, 6.07) is 5.85. The highest BCUT2D eigenvalue weighted by Crippen LogP contribution is 2.27. The quantitative estimate of drug-likeness (QED) is 0.810. The number of rotatable bonds is 6. The molecule has 0 aromatic heterocycles. The van der Waals surface area contributed by atoms with E-state index in [1.54, 1.807) is 21.0 Å². The number of benzene rings is 1. The van der Waals surface area contributed by atoms with Crippen molar-refractivity contribution < 1.29 is 9.84 Å². The molecule has 1 aromatic carbocycles. The molecule has 0 saturated carbocycles. The van der Waals surface area contributed by atoms with Crippen LogP contribution in [0.4, 0.5) is 5.69 Å². The lowest BCUT2D eigenvalue weighted by Gasteiger charge is -2.31. The van der Waals surface area contributed by atoms with Gasteiger partial charge in [0.1, 0.15) is 5.75 Å². The summed E-state index contributed by atoms with van der Waals surface area (Å²) in [6.07, 6.45) is 0. The number of hydrogen-bond donors (Lipinski definition) is 2. The number of nitrogens with two attached hydrogens (primary N) is 1. The van der Waals surface area contributed by atoms with Crippen molar-refractivity contribution in [3.8, 4) is 5.75 Å². The van der Waals surface area contributed by atoms with Gasteiger partial charge in [-0.2, -0.15) is 0 Å². The van der Waals surface area contributed by atoms with Crippen molar-refractivity contribution in [2.24, 2.45) is 5.73 Å². The summed E-state index contributed by atoms with van der Waals surface area (Å²) in [4.78, 5) is 2.12. The Kier molecular flexibility index (Phi) is 4.99. The van der Waals surface area contributed by atoms with Crippen molar-refractivity contribution in [3.63, 3.8) is 0 Å². The fraction of sp³-hybridized carbons (Fsp3) is 0.571. The van der Waals surface area contributed by atoms with Crippen molar-refractivity contribution in [1.29, 1.82) is 0 Å². The van der Waals surface area contributed by atoms with Crippen LogP contribution >= 0.6 is 0 Å². The van der Waals surface area contributed by atoms with Crippen LogP contribution in [0.3, 0.4) is 0 Å². The summed E-state index contributed by atoms with van der Waals surface area (Å²) in [5.41, 5.74) is 7.11. The van der Waals surface area contributed by atoms with E-state index in [-0.39, 0.29) is 0 Å². The minimum absolute atomic E-state index is 0.474. The fourth-order valence-electron chi connectivity index (χ4n) is 1.97. The Hall–Kier alpha value is -1.26. The van der Waals surface area contributed by atoms with Gasteiger partial charge >= 0.3 is 0 Å². The fourth-order valence-corrected chi connectivity index (χ4v) is 1.97. The Morgan fingerprint density at radius 3 is 2.50 bits per heavy atom. The lowest BCUT2D eigenvalue weighted by Crippen LogP contribution is -2.39. The van der Waals surface area contributed by atoms with Gasteiger partial charge in [0.15, 0.2) is 0 Å². The molecule has 0 aliphatic carbocycles. The van der Waals surface area contributed by atoms with Crippen LogP contribution in [0, 0.1) is 0 Å². The predicted molar refractivity (Wildman–Crippen MR) is 75.1 cm³/mol. The Bertz CT molecular complexity index is 386. The van der Waals surface area contributed by atoms with Gasteiger partial charge < -0.3 is 20.5 Å². The zero-order valence-corrected chi connectivity index (χ0v) is 11.7. The molecule has 0 heterocycles.